The van der Waals surface area contributed by atoms with Gasteiger partial charge in [-0.15, -0.1) is 11.6 Å². The summed E-state index contributed by atoms with van der Waals surface area (Å²) in [6.45, 7) is 4.67. The van der Waals surface area contributed by atoms with Crippen molar-refractivity contribution in [3.05, 3.63) is 0 Å². The van der Waals surface area contributed by atoms with Crippen LogP contribution in [0.5, 0.6) is 0 Å². The van der Waals surface area contributed by atoms with E-state index in [2.05, 4.69) is 32.8 Å². The van der Waals surface area contributed by atoms with Crippen LogP contribution in [0.1, 0.15) is 32.1 Å². The Labute approximate surface area is 203 Å². The van der Waals surface area contributed by atoms with Gasteiger partial charge in [0.1, 0.15) is 24.5 Å². The fourth-order valence-corrected chi connectivity index (χ4v) is 5.92. The van der Waals surface area contributed by atoms with Gasteiger partial charge in [-0.05, 0) is 58.7 Å². The number of fused-ring (bicyclic) bond motifs is 1. The SMILES string of the molecule is CN(CCC1CCC(Cl)CC1)CCN(C)C[C@H]1O[C@@H](N2CNC3C(N)NCNC32)[C@H](O)[C@@H]1O. The molecule has 11 heteroatoms. The van der Waals surface area contributed by atoms with Gasteiger partial charge >= 0.3 is 0 Å². The van der Waals surface area contributed by atoms with Crippen LogP contribution in [0, 0.1) is 5.92 Å². The second-order valence-corrected chi connectivity index (χ2v) is 11.1. The fraction of sp³-hybridized carbons (Fsp3) is 1.00. The van der Waals surface area contributed by atoms with Gasteiger partial charge in [0.05, 0.1) is 25.0 Å². The van der Waals surface area contributed by atoms with E-state index in [1.807, 2.05) is 11.9 Å². The first-order valence-electron chi connectivity index (χ1n) is 12.6. The van der Waals surface area contributed by atoms with Crippen molar-refractivity contribution in [2.45, 2.75) is 80.4 Å². The Bertz CT molecular complexity index is 615. The summed E-state index contributed by atoms with van der Waals surface area (Å²) >= 11 is 6.22. The van der Waals surface area contributed by atoms with Crippen molar-refractivity contribution >= 4 is 11.6 Å². The number of nitrogens with zero attached hydrogens (tertiary/aromatic N) is 3. The fourth-order valence-electron chi connectivity index (χ4n) is 5.67. The molecule has 4 aliphatic rings. The molecule has 4 fully saturated rings. The van der Waals surface area contributed by atoms with Crippen molar-refractivity contribution in [2.24, 2.45) is 11.7 Å². The van der Waals surface area contributed by atoms with Crippen LogP contribution in [0.3, 0.4) is 0 Å². The van der Waals surface area contributed by atoms with Crippen LogP contribution in [0.4, 0.5) is 0 Å². The van der Waals surface area contributed by atoms with Crippen molar-refractivity contribution in [2.75, 3.05) is 53.6 Å². The maximum atomic E-state index is 10.7. The monoisotopic (exact) mass is 489 g/mol. The molecule has 10 nitrogen and oxygen atoms in total. The summed E-state index contributed by atoms with van der Waals surface area (Å²) in [5.41, 5.74) is 6.15. The second-order valence-electron chi connectivity index (χ2n) is 10.5. The molecule has 33 heavy (non-hydrogen) atoms. The molecule has 1 saturated carbocycles. The minimum absolute atomic E-state index is 0.0222. The van der Waals surface area contributed by atoms with Crippen LogP contribution in [0.25, 0.3) is 0 Å². The van der Waals surface area contributed by atoms with Crippen molar-refractivity contribution in [1.29, 1.82) is 0 Å². The average Bonchev–Trinajstić information content (AvgIpc) is 3.35. The Kier molecular flexibility index (Phi) is 9.25. The van der Waals surface area contributed by atoms with Gasteiger partial charge in [0.25, 0.3) is 0 Å². The van der Waals surface area contributed by atoms with E-state index in [0.717, 1.165) is 38.4 Å². The third-order valence-corrected chi connectivity index (χ3v) is 8.39. The normalized spacial score (nSPS) is 42.4. The first kappa shape index (κ1) is 26.0. The van der Waals surface area contributed by atoms with E-state index >= 15 is 0 Å². The van der Waals surface area contributed by atoms with E-state index in [0.29, 0.717) is 25.3 Å². The van der Waals surface area contributed by atoms with Gasteiger partial charge in [-0.3, -0.25) is 16.0 Å². The third-order valence-electron chi connectivity index (χ3n) is 7.96. The van der Waals surface area contributed by atoms with Gasteiger partial charge < -0.3 is 30.5 Å². The van der Waals surface area contributed by atoms with Gasteiger partial charge in [0, 0.05) is 31.7 Å². The van der Waals surface area contributed by atoms with Crippen LogP contribution >= 0.6 is 11.6 Å². The molecule has 1 aliphatic carbocycles. The van der Waals surface area contributed by atoms with Gasteiger partial charge in [0.2, 0.25) is 0 Å². The average molecular weight is 490 g/mol. The molecular formula is C22H44ClN7O3. The zero-order valence-corrected chi connectivity index (χ0v) is 20.8. The highest BCUT2D eigenvalue weighted by Crippen LogP contribution is 2.30. The van der Waals surface area contributed by atoms with Gasteiger partial charge in [0.15, 0.2) is 0 Å². The number of ether oxygens (including phenoxy) is 1. The van der Waals surface area contributed by atoms with E-state index in [9.17, 15) is 10.2 Å². The molecule has 3 unspecified atom stereocenters. The largest absolute Gasteiger partial charge is 0.387 e. The van der Waals surface area contributed by atoms with Crippen molar-refractivity contribution in [3.8, 4) is 0 Å². The van der Waals surface area contributed by atoms with Crippen LogP contribution < -0.4 is 21.7 Å². The lowest BCUT2D eigenvalue weighted by Gasteiger charge is -2.38. The number of halogens is 1. The highest BCUT2D eigenvalue weighted by atomic mass is 35.5. The maximum Gasteiger partial charge on any atom is 0.142 e. The number of likely N-dealkylation sites (N-methyl/N-ethyl adjacent to an activating group) is 2. The summed E-state index contributed by atoms with van der Waals surface area (Å²) in [6, 6.07) is 0.0222. The Balaban J connectivity index is 1.19. The van der Waals surface area contributed by atoms with E-state index in [1.54, 1.807) is 0 Å². The summed E-state index contributed by atoms with van der Waals surface area (Å²) < 4.78 is 6.19. The number of rotatable bonds is 9. The number of hydrogen-bond acceptors (Lipinski definition) is 10. The van der Waals surface area contributed by atoms with E-state index in [1.165, 1.54) is 19.3 Å². The van der Waals surface area contributed by atoms with Gasteiger partial charge in [-0.25, -0.2) is 4.90 Å². The zero-order valence-electron chi connectivity index (χ0n) is 20.1. The molecule has 0 aromatic carbocycles. The molecule has 7 atom stereocenters. The first-order valence-corrected chi connectivity index (χ1v) is 13.0. The first-order chi connectivity index (χ1) is 15.8. The summed E-state index contributed by atoms with van der Waals surface area (Å²) in [5.74, 6) is 0.810. The lowest BCUT2D eigenvalue weighted by molar-refractivity contribution is -0.106. The molecule has 192 valence electrons. The summed E-state index contributed by atoms with van der Waals surface area (Å²) in [7, 11) is 4.22. The number of aliphatic hydroxyl groups excluding tert-OH is 2. The molecule has 7 N–H and O–H groups in total. The summed E-state index contributed by atoms with van der Waals surface area (Å²) in [4.78, 5) is 6.60. The van der Waals surface area contributed by atoms with E-state index in [4.69, 9.17) is 22.1 Å². The molecule has 0 aromatic heterocycles. The highest BCUT2D eigenvalue weighted by molar-refractivity contribution is 6.20. The molecule has 0 bridgehead atoms. The molecule has 0 spiro atoms. The molecule has 3 aliphatic heterocycles. The molecule has 0 radical (unpaired) electrons. The second kappa shape index (κ2) is 11.7. The van der Waals surface area contributed by atoms with Crippen molar-refractivity contribution in [1.82, 2.24) is 30.7 Å². The van der Waals surface area contributed by atoms with Gasteiger partial charge in [-0.1, -0.05) is 0 Å². The number of nitrogens with two attached hydrogens (primary N) is 1. The van der Waals surface area contributed by atoms with Crippen LogP contribution in [-0.2, 0) is 4.74 Å². The standard InChI is InChI=1S/C22H44ClN7O3/c1-28(8-7-14-3-5-15(23)6-4-14)9-10-29(2)11-16-18(31)19(32)22(33-16)30-13-27-17-20(24)25-12-26-21(17)30/h14-22,25-27,31-32H,3-13,24H2,1-2H3/t14?,15?,16-,17?,18-,19-,20?,21?,22-/m1/s1. The van der Waals surface area contributed by atoms with Crippen LogP contribution in [-0.4, -0.2) is 127 Å². The Morgan fingerprint density at radius 1 is 1.00 bits per heavy atom. The third kappa shape index (κ3) is 6.37. The smallest absolute Gasteiger partial charge is 0.142 e. The Morgan fingerprint density at radius 2 is 1.73 bits per heavy atom. The quantitative estimate of drug-likeness (QED) is 0.213. The van der Waals surface area contributed by atoms with E-state index in [-0.39, 0.29) is 18.4 Å². The van der Waals surface area contributed by atoms with Crippen molar-refractivity contribution < 1.29 is 14.9 Å². The molecule has 0 amide bonds. The predicted molar refractivity (Wildman–Crippen MR) is 128 cm³/mol. The minimum Gasteiger partial charge on any atom is -0.387 e. The van der Waals surface area contributed by atoms with E-state index < -0.39 is 24.5 Å². The van der Waals surface area contributed by atoms with Crippen LogP contribution in [0.2, 0.25) is 0 Å². The number of nitrogens with one attached hydrogen (secondary N) is 3. The Hall–Kier alpha value is -0.110. The zero-order chi connectivity index (χ0) is 23.5. The maximum absolute atomic E-state index is 10.7. The Morgan fingerprint density at radius 3 is 2.48 bits per heavy atom. The number of aliphatic hydroxyl groups is 2. The molecule has 3 saturated heterocycles. The summed E-state index contributed by atoms with van der Waals surface area (Å²) in [6.07, 6.45) is 2.99. The molecule has 3 heterocycles. The minimum atomic E-state index is -0.956. The highest BCUT2D eigenvalue weighted by Gasteiger charge is 2.51. The predicted octanol–water partition coefficient (Wildman–Crippen LogP) is -1.52. The number of hydrogen-bond donors (Lipinski definition) is 6. The molecule has 4 rings (SSSR count). The summed E-state index contributed by atoms with van der Waals surface area (Å²) in [5, 5.41) is 31.7. The molecule has 0 aromatic rings. The lowest BCUT2D eigenvalue weighted by Crippen LogP contribution is -2.68. The molecular weight excluding hydrogens is 446 g/mol. The number of alkyl halides is 1. The van der Waals surface area contributed by atoms with Crippen molar-refractivity contribution in [3.63, 3.8) is 0 Å². The topological polar surface area (TPSA) is 122 Å². The van der Waals surface area contributed by atoms with Crippen LogP contribution in [0.15, 0.2) is 0 Å². The van der Waals surface area contributed by atoms with Gasteiger partial charge in [-0.2, -0.15) is 0 Å². The lowest BCUT2D eigenvalue weighted by atomic mass is 9.86.